The highest BCUT2D eigenvalue weighted by Gasteiger charge is 2.25. The number of ether oxygens (including phenoxy) is 1. The van der Waals surface area contributed by atoms with Crippen LogP contribution in [0.5, 0.6) is 5.75 Å². The average molecular weight is 540 g/mol. The summed E-state index contributed by atoms with van der Waals surface area (Å²) in [5.74, 6) is 2.88. The van der Waals surface area contributed by atoms with Gasteiger partial charge in [0.15, 0.2) is 5.96 Å². The Labute approximate surface area is 203 Å². The lowest BCUT2D eigenvalue weighted by Crippen LogP contribution is -2.43. The Morgan fingerprint density at radius 1 is 1.19 bits per heavy atom. The maximum atomic E-state index is 5.64. The molecule has 0 radical (unpaired) electrons. The van der Waals surface area contributed by atoms with Gasteiger partial charge in [0.1, 0.15) is 11.6 Å². The van der Waals surface area contributed by atoms with Gasteiger partial charge >= 0.3 is 0 Å². The van der Waals surface area contributed by atoms with Crippen LogP contribution in [-0.4, -0.2) is 60.7 Å². The van der Waals surface area contributed by atoms with Crippen molar-refractivity contribution in [2.24, 2.45) is 4.99 Å². The van der Waals surface area contributed by atoms with Crippen LogP contribution >= 0.6 is 24.0 Å². The van der Waals surface area contributed by atoms with Crippen molar-refractivity contribution < 1.29 is 4.74 Å². The molecule has 7 nitrogen and oxygen atoms in total. The van der Waals surface area contributed by atoms with E-state index in [1.165, 1.54) is 18.4 Å². The molecule has 2 N–H and O–H groups in total. The second kappa shape index (κ2) is 13.6. The number of aryl methyl sites for hydroxylation is 2. The molecule has 1 atom stereocenters. The SMILES string of the molecule is CN=C(NCCCCn1ccnc1C)NCC(c1ccccc1OC)N1CCCC1.I. The fourth-order valence-corrected chi connectivity index (χ4v) is 4.10. The lowest BCUT2D eigenvalue weighted by Gasteiger charge is -2.30. The van der Waals surface area contributed by atoms with Crippen LogP contribution in [0.4, 0.5) is 0 Å². The number of likely N-dealkylation sites (tertiary alicyclic amines) is 1. The Morgan fingerprint density at radius 2 is 1.97 bits per heavy atom. The highest BCUT2D eigenvalue weighted by molar-refractivity contribution is 14.0. The van der Waals surface area contributed by atoms with Gasteiger partial charge < -0.3 is 19.9 Å². The van der Waals surface area contributed by atoms with Crippen molar-refractivity contribution in [1.29, 1.82) is 0 Å². The number of aromatic nitrogens is 2. The molecule has 1 fully saturated rings. The van der Waals surface area contributed by atoms with Crippen molar-refractivity contribution >= 4 is 29.9 Å². The second-order valence-electron chi connectivity index (χ2n) is 7.76. The molecule has 1 aromatic carbocycles. The lowest BCUT2D eigenvalue weighted by molar-refractivity contribution is 0.239. The van der Waals surface area contributed by atoms with Crippen LogP contribution in [-0.2, 0) is 6.54 Å². The smallest absolute Gasteiger partial charge is 0.191 e. The Kier molecular flexibility index (Phi) is 11.1. The molecule has 0 spiro atoms. The molecule has 0 saturated carbocycles. The van der Waals surface area contributed by atoms with Gasteiger partial charge in [-0.2, -0.15) is 0 Å². The molecule has 0 bridgehead atoms. The highest BCUT2D eigenvalue weighted by atomic mass is 127. The molecular weight excluding hydrogens is 503 g/mol. The maximum absolute atomic E-state index is 5.64. The second-order valence-corrected chi connectivity index (χ2v) is 7.76. The van der Waals surface area contributed by atoms with Crippen molar-refractivity contribution in [2.75, 3.05) is 40.3 Å². The minimum absolute atomic E-state index is 0. The van der Waals surface area contributed by atoms with E-state index in [0.29, 0.717) is 0 Å². The van der Waals surface area contributed by atoms with E-state index >= 15 is 0 Å². The van der Waals surface area contributed by atoms with E-state index in [4.69, 9.17) is 4.74 Å². The van der Waals surface area contributed by atoms with E-state index in [1.54, 1.807) is 7.11 Å². The quantitative estimate of drug-likeness (QED) is 0.209. The van der Waals surface area contributed by atoms with Crippen molar-refractivity contribution in [3.05, 3.63) is 48.0 Å². The van der Waals surface area contributed by atoms with Gasteiger partial charge in [0, 0.05) is 44.6 Å². The summed E-state index contributed by atoms with van der Waals surface area (Å²) in [5, 5.41) is 6.99. The molecule has 31 heavy (non-hydrogen) atoms. The first kappa shape index (κ1) is 25.5. The zero-order valence-corrected chi connectivity index (χ0v) is 21.3. The number of imidazole rings is 1. The summed E-state index contributed by atoms with van der Waals surface area (Å²) in [6, 6.07) is 8.62. The topological polar surface area (TPSA) is 66.7 Å². The van der Waals surface area contributed by atoms with Gasteiger partial charge in [0.05, 0.1) is 13.2 Å². The van der Waals surface area contributed by atoms with Crippen LogP contribution in [0.3, 0.4) is 0 Å². The van der Waals surface area contributed by atoms with E-state index in [9.17, 15) is 0 Å². The van der Waals surface area contributed by atoms with Crippen molar-refractivity contribution in [1.82, 2.24) is 25.1 Å². The number of hydrogen-bond acceptors (Lipinski definition) is 4. The Balaban J connectivity index is 0.00000341. The molecule has 2 heterocycles. The minimum atomic E-state index is 0. The van der Waals surface area contributed by atoms with Gasteiger partial charge in [-0.1, -0.05) is 18.2 Å². The third kappa shape index (κ3) is 7.38. The summed E-state index contributed by atoms with van der Waals surface area (Å²) < 4.78 is 7.84. The number of unbranched alkanes of at least 4 members (excludes halogenated alkanes) is 1. The molecule has 1 saturated heterocycles. The van der Waals surface area contributed by atoms with Crippen LogP contribution in [0.1, 0.15) is 43.1 Å². The van der Waals surface area contributed by atoms with Crippen LogP contribution < -0.4 is 15.4 Å². The molecule has 172 valence electrons. The molecule has 1 unspecified atom stereocenters. The summed E-state index contributed by atoms with van der Waals surface area (Å²) in [7, 11) is 3.58. The summed E-state index contributed by atoms with van der Waals surface area (Å²) in [6.45, 7) is 7.01. The maximum Gasteiger partial charge on any atom is 0.191 e. The Hall–Kier alpha value is -1.81. The third-order valence-corrected chi connectivity index (χ3v) is 5.81. The Bertz CT molecular complexity index is 803. The molecule has 1 aliphatic rings. The number of methoxy groups -OCH3 is 1. The van der Waals surface area contributed by atoms with E-state index in [1.807, 2.05) is 38.5 Å². The largest absolute Gasteiger partial charge is 0.496 e. The summed E-state index contributed by atoms with van der Waals surface area (Å²) in [4.78, 5) is 11.2. The van der Waals surface area contributed by atoms with Gasteiger partial charge in [0.2, 0.25) is 0 Å². The number of hydrogen-bond donors (Lipinski definition) is 2. The van der Waals surface area contributed by atoms with E-state index in [2.05, 4.69) is 42.2 Å². The predicted octanol–water partition coefficient (Wildman–Crippen LogP) is 3.60. The highest BCUT2D eigenvalue weighted by Crippen LogP contribution is 2.31. The number of guanidine groups is 1. The van der Waals surface area contributed by atoms with Gasteiger partial charge in [-0.3, -0.25) is 9.89 Å². The molecule has 1 aliphatic heterocycles. The number of aliphatic imine (C=N–C) groups is 1. The zero-order valence-electron chi connectivity index (χ0n) is 19.0. The molecule has 0 amide bonds. The summed E-state index contributed by atoms with van der Waals surface area (Å²) >= 11 is 0. The van der Waals surface area contributed by atoms with Gasteiger partial charge in [0.25, 0.3) is 0 Å². The van der Waals surface area contributed by atoms with Crippen LogP contribution in [0.2, 0.25) is 0 Å². The predicted molar refractivity (Wildman–Crippen MR) is 138 cm³/mol. The molecule has 0 aliphatic carbocycles. The van der Waals surface area contributed by atoms with Gasteiger partial charge in [-0.15, -0.1) is 24.0 Å². The van der Waals surface area contributed by atoms with Crippen LogP contribution in [0.25, 0.3) is 0 Å². The lowest BCUT2D eigenvalue weighted by atomic mass is 10.0. The Morgan fingerprint density at radius 3 is 2.65 bits per heavy atom. The first-order valence-corrected chi connectivity index (χ1v) is 11.0. The fourth-order valence-electron chi connectivity index (χ4n) is 4.10. The monoisotopic (exact) mass is 540 g/mol. The van der Waals surface area contributed by atoms with Crippen molar-refractivity contribution in [2.45, 2.75) is 45.2 Å². The van der Waals surface area contributed by atoms with Crippen molar-refractivity contribution in [3.63, 3.8) is 0 Å². The first-order chi connectivity index (χ1) is 14.7. The number of halogens is 1. The van der Waals surface area contributed by atoms with Crippen molar-refractivity contribution in [3.8, 4) is 5.75 Å². The molecule has 2 aromatic rings. The number of rotatable bonds is 10. The molecule has 8 heteroatoms. The van der Waals surface area contributed by atoms with Crippen LogP contribution in [0, 0.1) is 6.92 Å². The first-order valence-electron chi connectivity index (χ1n) is 11.0. The summed E-state index contributed by atoms with van der Waals surface area (Å²) in [6.07, 6.45) is 8.61. The average Bonchev–Trinajstić information content (AvgIpc) is 3.44. The zero-order chi connectivity index (χ0) is 21.2. The van der Waals surface area contributed by atoms with E-state index in [-0.39, 0.29) is 30.0 Å². The van der Waals surface area contributed by atoms with Gasteiger partial charge in [-0.05, 0) is 51.8 Å². The number of para-hydroxylation sites is 1. The molecule has 1 aromatic heterocycles. The fraction of sp³-hybridized carbons (Fsp3) is 0.565. The van der Waals surface area contributed by atoms with E-state index in [0.717, 1.165) is 63.1 Å². The van der Waals surface area contributed by atoms with Gasteiger partial charge in [-0.25, -0.2) is 4.98 Å². The standard InChI is InChI=1S/C23H36N6O.HI/c1-19-25-13-17-28(19)14-7-6-12-26-23(24-2)27-18-21(29-15-8-9-16-29)20-10-4-5-11-22(20)30-3;/h4-5,10-11,13,17,21H,6-9,12,14-16,18H2,1-3H3,(H2,24,26,27);1H. The van der Waals surface area contributed by atoms with E-state index < -0.39 is 0 Å². The normalized spacial score (nSPS) is 15.4. The minimum Gasteiger partial charge on any atom is -0.496 e. The molecular formula is C23H37IN6O. The van der Waals surface area contributed by atoms with Crippen LogP contribution in [0.15, 0.2) is 41.7 Å². The number of benzene rings is 1. The third-order valence-electron chi connectivity index (χ3n) is 5.81. The molecule has 3 rings (SSSR count). The number of nitrogens with zero attached hydrogens (tertiary/aromatic N) is 4. The number of nitrogens with one attached hydrogen (secondary N) is 2. The summed E-state index contributed by atoms with van der Waals surface area (Å²) in [5.41, 5.74) is 1.24.